The van der Waals surface area contributed by atoms with Crippen molar-refractivity contribution in [3.8, 4) is 16.5 Å². The highest BCUT2D eigenvalue weighted by atomic mass is 32.1. The topological polar surface area (TPSA) is 75.4 Å². The lowest BCUT2D eigenvalue weighted by Gasteiger charge is -2.05. The van der Waals surface area contributed by atoms with Crippen LogP contribution >= 0.6 is 11.3 Å². The summed E-state index contributed by atoms with van der Waals surface area (Å²) >= 11 is 1.39. The molecule has 2 heterocycles. The number of furan rings is 1. The molecule has 6 heteroatoms. The molecule has 3 aromatic rings. The summed E-state index contributed by atoms with van der Waals surface area (Å²) in [5, 5.41) is 13.0. The standard InChI is InChI=1S/C15H12N2O3S/c1-9-13(17-15(21-9)12-7-4-8-20-12)14(19)16-10-5-2-3-6-11(10)18/h2-8,18H,1H3,(H,16,19). The van der Waals surface area contributed by atoms with Crippen molar-refractivity contribution in [2.45, 2.75) is 6.92 Å². The molecule has 1 amide bonds. The van der Waals surface area contributed by atoms with E-state index >= 15 is 0 Å². The lowest BCUT2D eigenvalue weighted by Crippen LogP contribution is -2.13. The number of thiazole rings is 1. The summed E-state index contributed by atoms with van der Waals surface area (Å²) in [6.45, 7) is 1.82. The minimum atomic E-state index is -0.358. The Bertz CT molecular complexity index is 778. The Morgan fingerprint density at radius 3 is 2.81 bits per heavy atom. The number of phenolic OH excluding ortho intramolecular Hbond substituents is 1. The van der Waals surface area contributed by atoms with Gasteiger partial charge < -0.3 is 14.8 Å². The summed E-state index contributed by atoms with van der Waals surface area (Å²) < 4.78 is 5.28. The first-order chi connectivity index (χ1) is 10.1. The summed E-state index contributed by atoms with van der Waals surface area (Å²) in [5.41, 5.74) is 0.684. The van der Waals surface area contributed by atoms with E-state index in [-0.39, 0.29) is 11.7 Å². The van der Waals surface area contributed by atoms with E-state index in [1.54, 1.807) is 36.6 Å². The Morgan fingerprint density at radius 1 is 1.29 bits per heavy atom. The number of para-hydroxylation sites is 2. The number of hydrogen-bond donors (Lipinski definition) is 2. The summed E-state index contributed by atoms with van der Waals surface area (Å²) in [6, 6.07) is 10.1. The van der Waals surface area contributed by atoms with Gasteiger partial charge in [0.1, 0.15) is 11.4 Å². The second-order valence-corrected chi connectivity index (χ2v) is 5.58. The van der Waals surface area contributed by atoms with Crippen molar-refractivity contribution in [3.63, 3.8) is 0 Å². The first-order valence-electron chi connectivity index (χ1n) is 6.26. The van der Waals surface area contributed by atoms with Gasteiger partial charge in [0.2, 0.25) is 0 Å². The highest BCUT2D eigenvalue weighted by Crippen LogP contribution is 2.29. The van der Waals surface area contributed by atoms with Gasteiger partial charge in [-0.25, -0.2) is 4.98 Å². The molecule has 3 rings (SSSR count). The normalized spacial score (nSPS) is 10.5. The van der Waals surface area contributed by atoms with Crippen LogP contribution in [-0.4, -0.2) is 16.0 Å². The minimum absolute atomic E-state index is 0.0185. The van der Waals surface area contributed by atoms with Crippen LogP contribution in [0.4, 0.5) is 5.69 Å². The van der Waals surface area contributed by atoms with Crippen molar-refractivity contribution in [2.24, 2.45) is 0 Å². The molecule has 5 nitrogen and oxygen atoms in total. The van der Waals surface area contributed by atoms with Crippen LogP contribution in [0.2, 0.25) is 0 Å². The van der Waals surface area contributed by atoms with Gasteiger partial charge in [-0.15, -0.1) is 11.3 Å². The number of nitrogens with zero attached hydrogens (tertiary/aromatic N) is 1. The fourth-order valence-electron chi connectivity index (χ4n) is 1.87. The van der Waals surface area contributed by atoms with Crippen molar-refractivity contribution in [1.29, 1.82) is 0 Å². The van der Waals surface area contributed by atoms with Gasteiger partial charge in [-0.3, -0.25) is 4.79 Å². The molecule has 0 aliphatic carbocycles. The third-order valence-corrected chi connectivity index (χ3v) is 3.88. The Labute approximate surface area is 124 Å². The Hall–Kier alpha value is -2.60. The Kier molecular flexibility index (Phi) is 3.45. The maximum Gasteiger partial charge on any atom is 0.275 e. The van der Waals surface area contributed by atoms with Crippen molar-refractivity contribution >= 4 is 22.9 Å². The van der Waals surface area contributed by atoms with Crippen LogP contribution in [0.5, 0.6) is 5.75 Å². The molecule has 0 radical (unpaired) electrons. The second-order valence-electron chi connectivity index (χ2n) is 4.37. The van der Waals surface area contributed by atoms with Gasteiger partial charge in [-0.05, 0) is 31.2 Å². The van der Waals surface area contributed by atoms with Gasteiger partial charge in [0.05, 0.1) is 12.0 Å². The molecule has 0 bridgehead atoms. The van der Waals surface area contributed by atoms with Crippen LogP contribution in [0.3, 0.4) is 0 Å². The molecular weight excluding hydrogens is 288 g/mol. The molecule has 0 saturated heterocycles. The van der Waals surface area contributed by atoms with Crippen molar-refractivity contribution in [3.05, 3.63) is 53.2 Å². The summed E-state index contributed by atoms with van der Waals surface area (Å²) in [6.07, 6.45) is 1.56. The number of aromatic hydroxyl groups is 1. The predicted molar refractivity (Wildman–Crippen MR) is 80.6 cm³/mol. The zero-order valence-corrected chi connectivity index (χ0v) is 12.0. The lowest BCUT2D eigenvalue weighted by molar-refractivity contribution is 0.102. The molecule has 106 valence electrons. The molecule has 2 aromatic heterocycles. The maximum atomic E-state index is 12.3. The Morgan fingerprint density at radius 2 is 2.10 bits per heavy atom. The number of carbonyl (C=O) groups excluding carboxylic acids is 1. The van der Waals surface area contributed by atoms with Crippen LogP contribution in [0.25, 0.3) is 10.8 Å². The molecule has 1 aromatic carbocycles. The molecule has 0 unspecified atom stereocenters. The zero-order chi connectivity index (χ0) is 14.8. The number of anilines is 1. The van der Waals surface area contributed by atoms with E-state index in [9.17, 15) is 9.90 Å². The van der Waals surface area contributed by atoms with Crippen molar-refractivity contribution in [1.82, 2.24) is 4.98 Å². The van der Waals surface area contributed by atoms with Gasteiger partial charge in [0, 0.05) is 4.88 Å². The first kappa shape index (κ1) is 13.4. The number of rotatable bonds is 3. The maximum absolute atomic E-state index is 12.3. The van der Waals surface area contributed by atoms with Gasteiger partial charge >= 0.3 is 0 Å². The van der Waals surface area contributed by atoms with E-state index < -0.39 is 0 Å². The summed E-state index contributed by atoms with van der Waals surface area (Å²) in [5.74, 6) is 0.290. The van der Waals surface area contributed by atoms with E-state index in [0.29, 0.717) is 22.1 Å². The number of hydrogen-bond acceptors (Lipinski definition) is 5. The number of nitrogens with one attached hydrogen (secondary N) is 1. The molecular formula is C15H12N2O3S. The number of carbonyl (C=O) groups is 1. The fourth-order valence-corrected chi connectivity index (χ4v) is 2.75. The molecule has 0 atom stereocenters. The molecule has 0 fully saturated rings. The largest absolute Gasteiger partial charge is 0.506 e. The zero-order valence-electron chi connectivity index (χ0n) is 11.2. The molecule has 0 aliphatic rings. The van der Waals surface area contributed by atoms with Crippen LogP contribution in [0, 0.1) is 6.92 Å². The van der Waals surface area contributed by atoms with Gasteiger partial charge in [-0.2, -0.15) is 0 Å². The summed E-state index contributed by atoms with van der Waals surface area (Å²) in [7, 11) is 0. The highest BCUT2D eigenvalue weighted by molar-refractivity contribution is 7.15. The minimum Gasteiger partial charge on any atom is -0.506 e. The van der Waals surface area contributed by atoms with E-state index in [2.05, 4.69) is 10.3 Å². The highest BCUT2D eigenvalue weighted by Gasteiger charge is 2.18. The fraction of sp³-hybridized carbons (Fsp3) is 0.0667. The van der Waals surface area contributed by atoms with E-state index in [1.807, 2.05) is 6.92 Å². The van der Waals surface area contributed by atoms with E-state index in [1.165, 1.54) is 17.4 Å². The molecule has 21 heavy (non-hydrogen) atoms. The predicted octanol–water partition coefficient (Wildman–Crippen LogP) is 3.67. The smallest absolute Gasteiger partial charge is 0.275 e. The van der Waals surface area contributed by atoms with Gasteiger partial charge in [0.15, 0.2) is 10.8 Å². The van der Waals surface area contributed by atoms with Crippen molar-refractivity contribution in [2.75, 3.05) is 5.32 Å². The SMILES string of the molecule is Cc1sc(-c2ccco2)nc1C(=O)Nc1ccccc1O. The molecule has 2 N–H and O–H groups in total. The van der Waals surface area contributed by atoms with Crippen LogP contribution in [0.1, 0.15) is 15.4 Å². The number of aromatic nitrogens is 1. The van der Waals surface area contributed by atoms with E-state index in [0.717, 1.165) is 4.88 Å². The molecule has 0 spiro atoms. The average Bonchev–Trinajstić information content (AvgIpc) is 3.10. The quantitative estimate of drug-likeness (QED) is 0.724. The second kappa shape index (κ2) is 5.41. The van der Waals surface area contributed by atoms with Crippen LogP contribution in [0.15, 0.2) is 47.1 Å². The Balaban J connectivity index is 1.87. The van der Waals surface area contributed by atoms with Crippen LogP contribution < -0.4 is 5.32 Å². The number of aryl methyl sites for hydroxylation is 1. The summed E-state index contributed by atoms with van der Waals surface area (Å²) in [4.78, 5) is 17.4. The molecule has 0 saturated carbocycles. The lowest BCUT2D eigenvalue weighted by atomic mass is 10.2. The molecule has 0 aliphatic heterocycles. The third kappa shape index (κ3) is 2.66. The first-order valence-corrected chi connectivity index (χ1v) is 7.07. The van der Waals surface area contributed by atoms with Gasteiger partial charge in [-0.1, -0.05) is 12.1 Å². The monoisotopic (exact) mass is 300 g/mol. The van der Waals surface area contributed by atoms with Gasteiger partial charge in [0.25, 0.3) is 5.91 Å². The average molecular weight is 300 g/mol. The third-order valence-electron chi connectivity index (χ3n) is 2.90. The number of amides is 1. The van der Waals surface area contributed by atoms with E-state index in [4.69, 9.17) is 4.42 Å². The number of benzene rings is 1. The number of phenols is 1. The van der Waals surface area contributed by atoms with Crippen LogP contribution in [-0.2, 0) is 0 Å². The van der Waals surface area contributed by atoms with Crippen molar-refractivity contribution < 1.29 is 14.3 Å².